The van der Waals surface area contributed by atoms with Gasteiger partial charge in [0.2, 0.25) is 5.88 Å². The normalized spacial score (nSPS) is 11.7. The van der Waals surface area contributed by atoms with Crippen LogP contribution in [0.4, 0.5) is 13.2 Å². The molecule has 2 N–H and O–H groups in total. The SMILES string of the molecule is CCNC(=NCc1ncnn1C)NCCOc1ncc(C(F)(F)F)cc1Cl.I. The fourth-order valence-electron chi connectivity index (χ4n) is 1.96. The van der Waals surface area contributed by atoms with Crippen LogP contribution in [-0.2, 0) is 19.8 Å². The molecule has 0 aliphatic carbocycles. The molecule has 0 bridgehead atoms. The molecule has 13 heteroatoms. The van der Waals surface area contributed by atoms with Crippen molar-refractivity contribution in [3.05, 3.63) is 35.0 Å². The number of nitrogens with zero attached hydrogens (tertiary/aromatic N) is 5. The van der Waals surface area contributed by atoms with Crippen molar-refractivity contribution in [2.45, 2.75) is 19.6 Å². The molecule has 28 heavy (non-hydrogen) atoms. The zero-order valence-corrected chi connectivity index (χ0v) is 18.2. The molecule has 8 nitrogen and oxygen atoms in total. The molecule has 0 saturated heterocycles. The van der Waals surface area contributed by atoms with Crippen LogP contribution in [0.5, 0.6) is 5.88 Å². The number of rotatable bonds is 7. The number of guanidine groups is 1. The van der Waals surface area contributed by atoms with Crippen molar-refractivity contribution < 1.29 is 17.9 Å². The van der Waals surface area contributed by atoms with E-state index in [2.05, 4.69) is 30.7 Å². The van der Waals surface area contributed by atoms with E-state index in [0.717, 1.165) is 6.07 Å². The molecule has 2 aromatic heterocycles. The molecule has 0 atom stereocenters. The summed E-state index contributed by atoms with van der Waals surface area (Å²) in [6.45, 7) is 3.37. The highest BCUT2D eigenvalue weighted by Gasteiger charge is 2.31. The first-order valence-electron chi connectivity index (χ1n) is 8.01. The molecule has 0 aliphatic heterocycles. The first-order chi connectivity index (χ1) is 12.8. The lowest BCUT2D eigenvalue weighted by Gasteiger charge is -2.13. The van der Waals surface area contributed by atoms with Crippen LogP contribution >= 0.6 is 35.6 Å². The van der Waals surface area contributed by atoms with E-state index in [1.165, 1.54) is 6.33 Å². The highest BCUT2D eigenvalue weighted by Crippen LogP contribution is 2.32. The summed E-state index contributed by atoms with van der Waals surface area (Å²) in [5.41, 5.74) is -0.927. The second-order valence-corrected chi connectivity index (χ2v) is 5.69. The van der Waals surface area contributed by atoms with Crippen molar-refractivity contribution in [1.29, 1.82) is 0 Å². The molecule has 156 valence electrons. The zero-order chi connectivity index (χ0) is 19.9. The van der Waals surface area contributed by atoms with Crippen molar-refractivity contribution >= 4 is 41.5 Å². The van der Waals surface area contributed by atoms with Crippen LogP contribution in [0, 0.1) is 0 Å². The lowest BCUT2D eigenvalue weighted by molar-refractivity contribution is -0.137. The first kappa shape index (κ1) is 24.2. The van der Waals surface area contributed by atoms with Gasteiger partial charge in [0.1, 0.15) is 30.3 Å². The maximum Gasteiger partial charge on any atom is 0.417 e. The number of ether oxygens (including phenoxy) is 1. The highest BCUT2D eigenvalue weighted by molar-refractivity contribution is 14.0. The zero-order valence-electron chi connectivity index (χ0n) is 15.1. The fourth-order valence-corrected chi connectivity index (χ4v) is 2.18. The maximum absolute atomic E-state index is 12.6. The Morgan fingerprint density at radius 3 is 2.64 bits per heavy atom. The monoisotopic (exact) mass is 533 g/mol. The van der Waals surface area contributed by atoms with E-state index < -0.39 is 11.7 Å². The van der Waals surface area contributed by atoms with Gasteiger partial charge < -0.3 is 15.4 Å². The number of aryl methyl sites for hydroxylation is 1. The average molecular weight is 534 g/mol. The van der Waals surface area contributed by atoms with Crippen molar-refractivity contribution in [2.75, 3.05) is 19.7 Å². The Hall–Kier alpha value is -1.83. The molecule has 0 unspecified atom stereocenters. The van der Waals surface area contributed by atoms with Crippen LogP contribution in [0.25, 0.3) is 0 Å². The third kappa shape index (κ3) is 7.30. The lowest BCUT2D eigenvalue weighted by atomic mass is 10.3. The van der Waals surface area contributed by atoms with Gasteiger partial charge in [-0.1, -0.05) is 11.6 Å². The quantitative estimate of drug-likeness (QED) is 0.246. The Morgan fingerprint density at radius 1 is 1.32 bits per heavy atom. The lowest BCUT2D eigenvalue weighted by Crippen LogP contribution is -2.39. The number of hydrogen-bond acceptors (Lipinski definition) is 5. The predicted octanol–water partition coefficient (Wildman–Crippen LogP) is 2.63. The average Bonchev–Trinajstić information content (AvgIpc) is 3.01. The third-order valence-electron chi connectivity index (χ3n) is 3.30. The molecule has 0 saturated carbocycles. The van der Waals surface area contributed by atoms with Crippen molar-refractivity contribution in [1.82, 2.24) is 30.4 Å². The molecule has 2 rings (SSSR count). The maximum atomic E-state index is 12.6. The summed E-state index contributed by atoms with van der Waals surface area (Å²) < 4.78 is 44.7. The van der Waals surface area contributed by atoms with Crippen LogP contribution in [0.15, 0.2) is 23.6 Å². The Balaban J connectivity index is 0.00000392. The minimum atomic E-state index is -4.50. The van der Waals surface area contributed by atoms with Gasteiger partial charge in [0.15, 0.2) is 5.96 Å². The minimum absolute atomic E-state index is 0. The Labute approximate surface area is 182 Å². The molecule has 0 spiro atoms. The van der Waals surface area contributed by atoms with Gasteiger partial charge >= 0.3 is 6.18 Å². The fraction of sp³-hybridized carbons (Fsp3) is 0.467. The van der Waals surface area contributed by atoms with Gasteiger partial charge in [-0.2, -0.15) is 18.3 Å². The van der Waals surface area contributed by atoms with Gasteiger partial charge in [0, 0.05) is 19.8 Å². The number of pyridine rings is 1. The predicted molar refractivity (Wildman–Crippen MR) is 109 cm³/mol. The van der Waals surface area contributed by atoms with E-state index in [1.807, 2.05) is 6.92 Å². The summed E-state index contributed by atoms with van der Waals surface area (Å²) in [5, 5.41) is 9.85. The largest absolute Gasteiger partial charge is 0.475 e. The highest BCUT2D eigenvalue weighted by atomic mass is 127. The number of halogens is 5. The molecule has 2 heterocycles. The van der Waals surface area contributed by atoms with Crippen LogP contribution in [0.1, 0.15) is 18.3 Å². The number of nitrogens with one attached hydrogen (secondary N) is 2. The smallest absolute Gasteiger partial charge is 0.417 e. The summed E-state index contributed by atoms with van der Waals surface area (Å²) in [5.74, 6) is 1.17. The molecule has 0 radical (unpaired) electrons. The summed E-state index contributed by atoms with van der Waals surface area (Å²) >= 11 is 5.79. The van der Waals surface area contributed by atoms with Crippen LogP contribution in [-0.4, -0.2) is 45.4 Å². The number of aliphatic imine (C=N–C) groups is 1. The second kappa shape index (κ2) is 11.2. The number of hydrogen-bond donors (Lipinski definition) is 2. The first-order valence-corrected chi connectivity index (χ1v) is 8.39. The van der Waals surface area contributed by atoms with Gasteiger partial charge in [-0.05, 0) is 13.0 Å². The molecule has 0 aliphatic rings. The van der Waals surface area contributed by atoms with Crippen LogP contribution < -0.4 is 15.4 Å². The summed E-state index contributed by atoms with van der Waals surface area (Å²) in [6.07, 6.45) is -2.38. The van der Waals surface area contributed by atoms with Crippen molar-refractivity contribution in [3.8, 4) is 5.88 Å². The van der Waals surface area contributed by atoms with E-state index in [-0.39, 0.29) is 41.5 Å². The van der Waals surface area contributed by atoms with Gasteiger partial charge in [0.25, 0.3) is 0 Å². The summed E-state index contributed by atoms with van der Waals surface area (Å²) in [7, 11) is 1.77. The molecule has 2 aromatic rings. The second-order valence-electron chi connectivity index (χ2n) is 5.28. The molecular weight excluding hydrogens is 514 g/mol. The Morgan fingerprint density at radius 2 is 2.07 bits per heavy atom. The van der Waals surface area contributed by atoms with Crippen LogP contribution in [0.2, 0.25) is 5.02 Å². The molecule has 0 amide bonds. The third-order valence-corrected chi connectivity index (χ3v) is 3.57. The van der Waals surface area contributed by atoms with E-state index >= 15 is 0 Å². The molecule has 0 aromatic carbocycles. The number of alkyl halides is 3. The standard InChI is InChI=1S/C15H19ClF3N7O.HI/c1-3-20-14(23-8-12-24-9-25-26(12)2)21-4-5-27-13-11(16)6-10(7-22-13)15(17,18)19;/h6-7,9H,3-5,8H2,1-2H3,(H2,20,21,23);1H. The van der Waals surface area contributed by atoms with Crippen molar-refractivity contribution in [2.24, 2.45) is 12.0 Å². The van der Waals surface area contributed by atoms with E-state index in [1.54, 1.807) is 11.7 Å². The summed E-state index contributed by atoms with van der Waals surface area (Å²) in [6, 6.07) is 0.781. The van der Waals surface area contributed by atoms with Gasteiger partial charge in [-0.25, -0.2) is 15.0 Å². The Bertz CT molecular complexity index is 785. The van der Waals surface area contributed by atoms with Gasteiger partial charge in [0.05, 0.1) is 12.1 Å². The number of aromatic nitrogens is 4. The van der Waals surface area contributed by atoms with E-state index in [4.69, 9.17) is 16.3 Å². The minimum Gasteiger partial charge on any atom is -0.475 e. The molecule has 0 fully saturated rings. The molecular formula is C15H20ClF3IN7O. The van der Waals surface area contributed by atoms with Gasteiger partial charge in [-0.15, -0.1) is 24.0 Å². The van der Waals surface area contributed by atoms with E-state index in [9.17, 15) is 13.2 Å². The van der Waals surface area contributed by atoms with Crippen LogP contribution in [0.3, 0.4) is 0 Å². The topological polar surface area (TPSA) is 89.2 Å². The summed E-state index contributed by atoms with van der Waals surface area (Å²) in [4.78, 5) is 12.1. The van der Waals surface area contributed by atoms with Gasteiger partial charge in [-0.3, -0.25) is 4.68 Å². The van der Waals surface area contributed by atoms with E-state index in [0.29, 0.717) is 37.6 Å². The Kier molecular flexibility index (Phi) is 9.72. The van der Waals surface area contributed by atoms with Crippen molar-refractivity contribution in [3.63, 3.8) is 0 Å².